The number of esters is 1. The molecule has 5 fully saturated rings. The number of imide groups is 2. The fourth-order valence-electron chi connectivity index (χ4n) is 10.1. The lowest BCUT2D eigenvalue weighted by Crippen LogP contribution is -2.63. The van der Waals surface area contributed by atoms with Crippen LogP contribution in [0.3, 0.4) is 0 Å². The average molecular weight is 1050 g/mol. The van der Waals surface area contributed by atoms with E-state index in [4.69, 9.17) is 44.9 Å². The van der Waals surface area contributed by atoms with E-state index in [9.17, 15) is 43.5 Å². The quantitative estimate of drug-likeness (QED) is 0.111. The van der Waals surface area contributed by atoms with Crippen LogP contribution >= 0.6 is 23.4 Å². The number of hydrogen-bond donors (Lipinski definition) is 2. The summed E-state index contributed by atoms with van der Waals surface area (Å²) < 4.78 is 35.3. The molecule has 0 spiro atoms. The summed E-state index contributed by atoms with van der Waals surface area (Å²) in [5.74, 6) is -3.73. The minimum absolute atomic E-state index is 0.00445. The molecule has 7 rings (SSSR count). The second-order valence-corrected chi connectivity index (χ2v) is 21.4. The number of fused-ring (bicyclic) bond motifs is 5. The number of nitrogens with zero attached hydrogens (tertiary/aromatic N) is 3. The number of allylic oxidation sites excluding steroid dienone is 3. The Morgan fingerprint density at radius 2 is 1.72 bits per heavy atom. The Kier molecular flexibility index (Phi) is 17.5. The molecule has 1 aliphatic carbocycles. The van der Waals surface area contributed by atoms with E-state index in [1.165, 1.54) is 42.7 Å². The summed E-state index contributed by atoms with van der Waals surface area (Å²) in [5, 5.41) is 14.5. The van der Waals surface area contributed by atoms with Crippen molar-refractivity contribution in [1.29, 1.82) is 0 Å². The molecule has 6 amide bonds. The Labute approximate surface area is 427 Å². The SMILES string of the molecule is COc1cc2cc(c1Cl)N(C)C(=O)C[C@H](OC(=O)[C@@H](C)OCCCSC1CC(=O)N(C[C@H]3CC[C@H](C(=O)ON4C(=O)CCC4=O)CC3)C1=O)[C@]1(C)O[C@H]1[C@H](C)[C@@H]1C[C@@](O)(NC(=O)O1)[C@H](OC)/C=C/C=C(\C)C2. The highest BCUT2D eigenvalue weighted by Crippen LogP contribution is 2.49. The van der Waals surface area contributed by atoms with Crippen LogP contribution in [-0.2, 0) is 68.5 Å². The van der Waals surface area contributed by atoms with Gasteiger partial charge in [0.1, 0.15) is 34.7 Å². The van der Waals surface area contributed by atoms with Crippen molar-refractivity contribution in [3.8, 4) is 5.75 Å². The van der Waals surface area contributed by atoms with Crippen molar-refractivity contribution in [1.82, 2.24) is 15.3 Å². The number of anilines is 1. The lowest BCUT2D eigenvalue weighted by atomic mass is 9.82. The van der Waals surface area contributed by atoms with Gasteiger partial charge in [-0.25, -0.2) is 14.4 Å². The molecule has 1 unspecified atom stereocenters. The van der Waals surface area contributed by atoms with Crippen molar-refractivity contribution in [3.05, 3.63) is 46.5 Å². The molecule has 1 aromatic carbocycles. The third-order valence-electron chi connectivity index (χ3n) is 14.5. The molecule has 5 heterocycles. The van der Waals surface area contributed by atoms with Gasteiger partial charge in [-0.3, -0.25) is 34.2 Å². The summed E-state index contributed by atoms with van der Waals surface area (Å²) in [6.45, 7) is 7.28. The van der Waals surface area contributed by atoms with E-state index in [1.807, 2.05) is 13.0 Å². The van der Waals surface area contributed by atoms with Crippen molar-refractivity contribution in [2.45, 2.75) is 145 Å². The van der Waals surface area contributed by atoms with E-state index in [0.29, 0.717) is 60.8 Å². The molecule has 1 aromatic rings. The van der Waals surface area contributed by atoms with E-state index < -0.39 is 94.7 Å². The van der Waals surface area contributed by atoms with Crippen LogP contribution < -0.4 is 15.0 Å². The van der Waals surface area contributed by atoms with Crippen molar-refractivity contribution >= 4 is 76.6 Å². The number of hydroxylamine groups is 2. The molecule has 72 heavy (non-hydrogen) atoms. The number of epoxide rings is 1. The van der Waals surface area contributed by atoms with Crippen molar-refractivity contribution in [3.63, 3.8) is 0 Å². The second kappa shape index (κ2) is 23.0. The fraction of sp³-hybridized carbons (Fsp3) is 0.640. The van der Waals surface area contributed by atoms with Gasteiger partial charge in [0.2, 0.25) is 17.7 Å². The van der Waals surface area contributed by atoms with Crippen LogP contribution in [-0.4, -0.2) is 150 Å². The lowest BCUT2D eigenvalue weighted by molar-refractivity contribution is -0.201. The van der Waals surface area contributed by atoms with Crippen molar-refractivity contribution in [2.75, 3.05) is 45.1 Å². The molecular weight excluding hydrogens is 980 g/mol. The number of halogens is 1. The number of thioether (sulfide) groups is 1. The van der Waals surface area contributed by atoms with Gasteiger partial charge < -0.3 is 43.3 Å². The van der Waals surface area contributed by atoms with Crippen LogP contribution in [0.4, 0.5) is 10.5 Å². The summed E-state index contributed by atoms with van der Waals surface area (Å²) in [6.07, 6.45) is 2.10. The molecule has 0 aromatic heterocycles. The Bertz CT molecular complexity index is 2340. The highest BCUT2D eigenvalue weighted by molar-refractivity contribution is 8.00. The number of nitrogens with one attached hydrogen (secondary N) is 1. The van der Waals surface area contributed by atoms with E-state index in [0.717, 1.165) is 11.1 Å². The molecule has 22 heteroatoms. The van der Waals surface area contributed by atoms with Gasteiger partial charge in [-0.15, -0.1) is 16.8 Å². The summed E-state index contributed by atoms with van der Waals surface area (Å²) in [5.41, 5.74) is -1.06. The first-order valence-electron chi connectivity index (χ1n) is 24.4. The van der Waals surface area contributed by atoms with E-state index in [-0.39, 0.29) is 68.0 Å². The number of amides is 6. The average Bonchev–Trinajstić information content (AvgIpc) is 3.85. The fourth-order valence-corrected chi connectivity index (χ4v) is 11.5. The molecule has 0 radical (unpaired) electrons. The van der Waals surface area contributed by atoms with E-state index in [2.05, 4.69) is 5.32 Å². The maximum Gasteiger partial charge on any atom is 0.409 e. The van der Waals surface area contributed by atoms with Gasteiger partial charge in [-0.2, -0.15) is 0 Å². The highest BCUT2D eigenvalue weighted by Gasteiger charge is 2.64. The number of alkyl carbamates (subject to hydrolysis) is 1. The maximum atomic E-state index is 14.3. The minimum Gasteiger partial charge on any atom is -0.495 e. The molecule has 2 N–H and O–H groups in total. The largest absolute Gasteiger partial charge is 0.495 e. The molecule has 20 nitrogen and oxygen atoms in total. The number of methoxy groups -OCH3 is 2. The highest BCUT2D eigenvalue weighted by atomic mass is 35.5. The zero-order valence-corrected chi connectivity index (χ0v) is 43.3. The zero-order chi connectivity index (χ0) is 52.2. The van der Waals surface area contributed by atoms with Gasteiger partial charge in [0.05, 0.1) is 36.5 Å². The molecule has 9 atom stereocenters. The normalized spacial score (nSPS) is 32.8. The van der Waals surface area contributed by atoms with Gasteiger partial charge in [-0.05, 0) is 88.7 Å². The smallest absolute Gasteiger partial charge is 0.409 e. The van der Waals surface area contributed by atoms with Gasteiger partial charge >= 0.3 is 18.0 Å². The molecule has 4 bridgehead atoms. The van der Waals surface area contributed by atoms with E-state index >= 15 is 0 Å². The Morgan fingerprint density at radius 3 is 2.40 bits per heavy atom. The van der Waals surface area contributed by atoms with Gasteiger partial charge in [0.25, 0.3) is 11.8 Å². The molecular formula is C50H65ClN4O16S. The van der Waals surface area contributed by atoms with Crippen LogP contribution in [0.1, 0.15) is 97.5 Å². The predicted octanol–water partition coefficient (Wildman–Crippen LogP) is 4.74. The number of ether oxygens (including phenoxy) is 6. The van der Waals surface area contributed by atoms with Crippen molar-refractivity contribution < 1.29 is 76.7 Å². The lowest BCUT2D eigenvalue weighted by Gasteiger charge is -2.42. The number of aliphatic hydroxyl groups is 1. The topological polar surface area (TPSA) is 246 Å². The number of carbonyl (C=O) groups is 8. The first kappa shape index (κ1) is 54.7. The zero-order valence-electron chi connectivity index (χ0n) is 41.7. The second-order valence-electron chi connectivity index (χ2n) is 19.7. The van der Waals surface area contributed by atoms with Crippen LogP contribution in [0, 0.1) is 17.8 Å². The van der Waals surface area contributed by atoms with E-state index in [1.54, 1.807) is 45.2 Å². The monoisotopic (exact) mass is 1040 g/mol. The van der Waals surface area contributed by atoms with Crippen LogP contribution in [0.2, 0.25) is 5.02 Å². The molecule has 394 valence electrons. The van der Waals surface area contributed by atoms with Crippen LogP contribution in [0.25, 0.3) is 0 Å². The number of rotatable bonds is 14. The number of hydrogen-bond acceptors (Lipinski definition) is 17. The molecule has 1 saturated carbocycles. The Balaban J connectivity index is 0.952. The Morgan fingerprint density at radius 1 is 1.01 bits per heavy atom. The van der Waals surface area contributed by atoms with Crippen molar-refractivity contribution in [2.24, 2.45) is 17.8 Å². The van der Waals surface area contributed by atoms with Gasteiger partial charge in [0.15, 0.2) is 11.8 Å². The van der Waals surface area contributed by atoms with Crippen LogP contribution in [0.5, 0.6) is 5.75 Å². The summed E-state index contributed by atoms with van der Waals surface area (Å²) in [7, 11) is 4.46. The first-order chi connectivity index (χ1) is 34.2. The number of carbonyl (C=O) groups excluding carboxylic acids is 8. The van der Waals surface area contributed by atoms with Gasteiger partial charge in [0, 0.05) is 58.9 Å². The summed E-state index contributed by atoms with van der Waals surface area (Å²) >= 11 is 8.14. The standard InChI is InChI=1S/C50H65ClN4O16S/c1-27-10-8-11-37(66-7)50(64)25-35(68-48(63)52-50)28(2)44-49(4,70-44)38(24-41(58)53(5)33-21-31(20-27)22-34(65-6)43(33)51)69-46(61)29(3)67-18-9-19-72-36-23-42(59)54(45(36)60)26-30-12-14-32(15-13-30)47(62)71-55-39(56)16-17-40(55)57/h8,10-11,21-22,28-30,32,35-38,44,64H,9,12-20,23-26H2,1-7H3,(H,52,63)/b11-8+,27-10+/t28-,29-,30-,32-,35+,36?,37-,38+,44+,49+,50+/m1/s1. The maximum absolute atomic E-state index is 14.3. The number of benzene rings is 1. The third-order valence-corrected chi connectivity index (χ3v) is 16.2. The Hall–Kier alpha value is -5.06. The molecule has 6 aliphatic rings. The first-order valence-corrected chi connectivity index (χ1v) is 25.8. The number of likely N-dealkylation sites (tertiary alicyclic amines) is 1. The predicted molar refractivity (Wildman–Crippen MR) is 259 cm³/mol. The van der Waals surface area contributed by atoms with Gasteiger partial charge in [-0.1, -0.05) is 42.3 Å². The minimum atomic E-state index is -1.86. The third kappa shape index (κ3) is 12.3. The van der Waals surface area contributed by atoms with Crippen LogP contribution in [0.15, 0.2) is 35.9 Å². The molecule has 5 aliphatic heterocycles. The molecule has 4 saturated heterocycles. The summed E-state index contributed by atoms with van der Waals surface area (Å²) in [4.78, 5) is 112. The summed E-state index contributed by atoms with van der Waals surface area (Å²) in [6, 6.07) is 3.56.